The number of aromatic nitrogens is 4. The second-order valence-corrected chi connectivity index (χ2v) is 9.32. The lowest BCUT2D eigenvalue weighted by molar-refractivity contribution is 0.116. The van der Waals surface area contributed by atoms with Crippen molar-refractivity contribution in [1.29, 1.82) is 0 Å². The van der Waals surface area contributed by atoms with Crippen molar-refractivity contribution in [3.8, 4) is 11.5 Å². The Hall–Kier alpha value is -4.00. The van der Waals surface area contributed by atoms with E-state index in [1.165, 1.54) is 24.5 Å². The molecule has 13 heteroatoms. The molecule has 0 saturated heterocycles. The zero-order valence-corrected chi connectivity index (χ0v) is 19.0. The molecular weight excluding hydrogens is 485 g/mol. The van der Waals surface area contributed by atoms with E-state index in [0.29, 0.717) is 12.1 Å². The molecule has 0 amide bonds. The molecule has 0 radical (unpaired) electrons. The Morgan fingerprint density at radius 1 is 1.03 bits per heavy atom. The van der Waals surface area contributed by atoms with E-state index < -0.39 is 34.2 Å². The third kappa shape index (κ3) is 6.53. The largest absolute Gasteiger partial charge is 0.415 e. The number of anilines is 2. The minimum atomic E-state index is -3.44. The quantitative estimate of drug-likeness (QED) is 0.345. The molecular formula is C22H19F3N6O3S. The van der Waals surface area contributed by atoms with Crippen LogP contribution in [0.2, 0.25) is 0 Å². The molecule has 0 bridgehead atoms. The number of hydrogen-bond acceptors (Lipinski definition) is 8. The first-order valence-corrected chi connectivity index (χ1v) is 12.1. The number of alkyl halides is 2. The Bertz CT molecular complexity index is 1400. The summed E-state index contributed by atoms with van der Waals surface area (Å²) in [5.41, 5.74) is 2.19. The van der Waals surface area contributed by atoms with Crippen LogP contribution in [0.15, 0.2) is 65.3 Å². The zero-order chi connectivity index (χ0) is 25.0. The molecule has 2 N–H and O–H groups in total. The number of sulfonamides is 1. The van der Waals surface area contributed by atoms with Gasteiger partial charge in [-0.05, 0) is 41.8 Å². The average molecular weight is 504 g/mol. The fraction of sp³-hybridized carbons (Fsp3) is 0.182. The topological polar surface area (TPSA) is 123 Å². The molecule has 0 saturated carbocycles. The van der Waals surface area contributed by atoms with Crippen LogP contribution in [0.5, 0.6) is 0 Å². The minimum absolute atomic E-state index is 0.142. The molecule has 1 atom stereocenters. The number of benzene rings is 2. The van der Waals surface area contributed by atoms with Gasteiger partial charge in [0.15, 0.2) is 0 Å². The van der Waals surface area contributed by atoms with Crippen LogP contribution in [-0.4, -0.2) is 34.8 Å². The van der Waals surface area contributed by atoms with Crippen LogP contribution >= 0.6 is 0 Å². The van der Waals surface area contributed by atoms with Crippen molar-refractivity contribution >= 4 is 21.7 Å². The summed E-state index contributed by atoms with van der Waals surface area (Å²) >= 11 is 0. The Kier molecular flexibility index (Phi) is 6.96. The second-order valence-electron chi connectivity index (χ2n) is 7.57. The number of nitrogens with zero attached hydrogens (tertiary/aromatic N) is 4. The zero-order valence-electron chi connectivity index (χ0n) is 18.2. The maximum atomic E-state index is 13.5. The van der Waals surface area contributed by atoms with Crippen molar-refractivity contribution in [3.05, 3.63) is 83.8 Å². The van der Waals surface area contributed by atoms with Crippen LogP contribution in [0.3, 0.4) is 0 Å². The van der Waals surface area contributed by atoms with Crippen LogP contribution in [0.4, 0.5) is 24.8 Å². The van der Waals surface area contributed by atoms with Gasteiger partial charge in [0, 0.05) is 18.1 Å². The lowest BCUT2D eigenvalue weighted by Crippen LogP contribution is -2.16. The Morgan fingerprint density at radius 2 is 1.74 bits per heavy atom. The van der Waals surface area contributed by atoms with E-state index >= 15 is 0 Å². The summed E-state index contributed by atoms with van der Waals surface area (Å²) in [6, 6.07) is 12.3. The van der Waals surface area contributed by atoms with Gasteiger partial charge >= 0.3 is 6.43 Å². The molecule has 0 aliphatic heterocycles. The van der Waals surface area contributed by atoms with E-state index in [1.54, 1.807) is 30.3 Å². The fourth-order valence-electron chi connectivity index (χ4n) is 3.27. The number of hydrogen-bond donors (Lipinski definition) is 2. The van der Waals surface area contributed by atoms with Gasteiger partial charge < -0.3 is 9.73 Å². The summed E-state index contributed by atoms with van der Waals surface area (Å²) in [6.07, 6.45) is 1.25. The molecule has 0 spiro atoms. The first kappa shape index (κ1) is 24.1. The first-order valence-electron chi connectivity index (χ1n) is 10.2. The van der Waals surface area contributed by atoms with E-state index in [2.05, 4.69) is 30.2 Å². The summed E-state index contributed by atoms with van der Waals surface area (Å²) in [4.78, 5) is 8.39. The third-order valence-electron chi connectivity index (χ3n) is 4.77. The predicted molar refractivity (Wildman–Crippen MR) is 122 cm³/mol. The van der Waals surface area contributed by atoms with Crippen molar-refractivity contribution in [3.63, 3.8) is 0 Å². The van der Waals surface area contributed by atoms with Crippen LogP contribution in [-0.2, 0) is 16.4 Å². The Balaban J connectivity index is 1.57. The van der Waals surface area contributed by atoms with Crippen molar-refractivity contribution in [1.82, 2.24) is 20.2 Å². The van der Waals surface area contributed by atoms with Crippen molar-refractivity contribution < 1.29 is 26.0 Å². The lowest BCUT2D eigenvalue weighted by Gasteiger charge is -2.20. The van der Waals surface area contributed by atoms with E-state index in [4.69, 9.17) is 4.42 Å². The number of nitrogens with one attached hydrogen (secondary N) is 2. The molecule has 2 aromatic carbocycles. The van der Waals surface area contributed by atoms with Crippen LogP contribution in [0, 0.1) is 5.82 Å². The predicted octanol–water partition coefficient (Wildman–Crippen LogP) is 4.37. The summed E-state index contributed by atoms with van der Waals surface area (Å²) in [6.45, 7) is 0. The van der Waals surface area contributed by atoms with Gasteiger partial charge in [-0.2, -0.15) is 8.78 Å². The average Bonchev–Trinajstić information content (AvgIpc) is 3.30. The standard InChI is InChI=1S/C22H19F3N6O3S/c1-35(32,33)31-17-4-2-3-13(9-17)10-18(14-5-7-16(23)8-6-14)28-22-26-11-15(12-27-22)20-29-30-21(34-20)19(24)25/h2-9,11-12,18-19,31H,10H2,1H3,(H,26,27,28). The molecule has 2 heterocycles. The van der Waals surface area contributed by atoms with Gasteiger partial charge in [0.25, 0.3) is 11.8 Å². The molecule has 0 aliphatic carbocycles. The Labute approximate surface area is 198 Å². The minimum Gasteiger partial charge on any atom is -0.415 e. The van der Waals surface area contributed by atoms with Gasteiger partial charge in [-0.15, -0.1) is 10.2 Å². The van der Waals surface area contributed by atoms with Gasteiger partial charge in [-0.3, -0.25) is 4.72 Å². The van der Waals surface area contributed by atoms with Gasteiger partial charge in [0.1, 0.15) is 5.82 Å². The molecule has 9 nitrogen and oxygen atoms in total. The van der Waals surface area contributed by atoms with E-state index in [0.717, 1.165) is 17.4 Å². The highest BCUT2D eigenvalue weighted by molar-refractivity contribution is 7.92. The van der Waals surface area contributed by atoms with Gasteiger partial charge in [0.2, 0.25) is 16.0 Å². The molecule has 1 unspecified atom stereocenters. The van der Waals surface area contributed by atoms with Crippen LogP contribution < -0.4 is 10.0 Å². The molecule has 4 aromatic rings. The molecule has 182 valence electrons. The molecule has 4 rings (SSSR count). The van der Waals surface area contributed by atoms with Gasteiger partial charge in [0.05, 0.1) is 17.9 Å². The van der Waals surface area contributed by atoms with E-state index in [9.17, 15) is 21.6 Å². The summed E-state index contributed by atoms with van der Waals surface area (Å²) in [5, 5.41) is 10.00. The third-order valence-corrected chi connectivity index (χ3v) is 5.38. The van der Waals surface area contributed by atoms with Gasteiger partial charge in [-0.1, -0.05) is 24.3 Å². The summed E-state index contributed by atoms with van der Waals surface area (Å²) in [5.74, 6) is -1.12. The van der Waals surface area contributed by atoms with Crippen molar-refractivity contribution in [2.75, 3.05) is 16.3 Å². The molecule has 0 fully saturated rings. The van der Waals surface area contributed by atoms with Crippen LogP contribution in [0.1, 0.15) is 29.5 Å². The van der Waals surface area contributed by atoms with Crippen LogP contribution in [0.25, 0.3) is 11.5 Å². The highest BCUT2D eigenvalue weighted by Crippen LogP contribution is 2.26. The SMILES string of the molecule is CS(=O)(=O)Nc1cccc(CC(Nc2ncc(-c3nnc(C(F)F)o3)cn2)c2ccc(F)cc2)c1. The highest BCUT2D eigenvalue weighted by atomic mass is 32.2. The highest BCUT2D eigenvalue weighted by Gasteiger charge is 2.18. The lowest BCUT2D eigenvalue weighted by atomic mass is 9.98. The number of rotatable bonds is 9. The molecule has 0 aliphatic rings. The maximum Gasteiger partial charge on any atom is 0.314 e. The monoisotopic (exact) mass is 504 g/mol. The number of halogens is 3. The smallest absolute Gasteiger partial charge is 0.314 e. The summed E-state index contributed by atoms with van der Waals surface area (Å²) in [7, 11) is -3.44. The van der Waals surface area contributed by atoms with Gasteiger partial charge in [-0.25, -0.2) is 22.8 Å². The van der Waals surface area contributed by atoms with Crippen molar-refractivity contribution in [2.24, 2.45) is 0 Å². The van der Waals surface area contributed by atoms with E-state index in [-0.39, 0.29) is 17.4 Å². The summed E-state index contributed by atoms with van der Waals surface area (Å²) < 4.78 is 69.3. The molecule has 35 heavy (non-hydrogen) atoms. The second kappa shape index (κ2) is 10.1. The first-order chi connectivity index (χ1) is 16.7. The Morgan fingerprint density at radius 3 is 2.37 bits per heavy atom. The van der Waals surface area contributed by atoms with Crippen molar-refractivity contribution in [2.45, 2.75) is 18.9 Å². The normalized spacial score (nSPS) is 12.5. The maximum absolute atomic E-state index is 13.5. The fourth-order valence-corrected chi connectivity index (χ4v) is 3.82. The van der Waals surface area contributed by atoms with E-state index in [1.807, 2.05) is 6.07 Å². The molecule has 2 aromatic heterocycles.